The monoisotopic (exact) mass is 388 g/mol. The summed E-state index contributed by atoms with van der Waals surface area (Å²) in [5, 5.41) is 0.993. The summed E-state index contributed by atoms with van der Waals surface area (Å²) < 4.78 is 1.71. The van der Waals surface area contributed by atoms with Crippen LogP contribution in [0.4, 0.5) is 0 Å². The van der Waals surface area contributed by atoms with Gasteiger partial charge in [0.15, 0.2) is 5.16 Å². The van der Waals surface area contributed by atoms with E-state index in [4.69, 9.17) is 4.98 Å². The molecule has 3 rings (SSSR count). The van der Waals surface area contributed by atoms with Crippen molar-refractivity contribution in [2.45, 2.75) is 44.1 Å². The van der Waals surface area contributed by atoms with Crippen LogP contribution in [0.1, 0.15) is 27.2 Å². The number of carbonyl (C=O) groups excluding carboxylic acids is 1. The molecule has 1 amide bonds. The van der Waals surface area contributed by atoms with Gasteiger partial charge in [0.25, 0.3) is 5.56 Å². The molecule has 0 N–H and O–H groups in total. The third kappa shape index (κ3) is 4.35. The van der Waals surface area contributed by atoms with Crippen molar-refractivity contribution < 1.29 is 4.79 Å². The third-order valence-corrected chi connectivity index (χ3v) is 6.11. The van der Waals surface area contributed by atoms with Crippen LogP contribution in [-0.4, -0.2) is 63.2 Å². The SMILES string of the molecule is CCCn1c(S[C@@H](C)C(=O)N2CCN(CC)CC2)nc2ccccc2c1=O. The van der Waals surface area contributed by atoms with E-state index in [-0.39, 0.29) is 16.7 Å². The number of amides is 1. The van der Waals surface area contributed by atoms with Gasteiger partial charge in [-0.2, -0.15) is 0 Å². The van der Waals surface area contributed by atoms with Gasteiger partial charge in [-0.05, 0) is 32.0 Å². The second-order valence-electron chi connectivity index (χ2n) is 6.89. The maximum atomic E-state index is 12.9. The molecule has 0 aliphatic carbocycles. The number of rotatable bonds is 6. The molecule has 1 saturated heterocycles. The molecule has 1 atom stereocenters. The molecule has 1 fully saturated rings. The van der Waals surface area contributed by atoms with E-state index in [9.17, 15) is 9.59 Å². The topological polar surface area (TPSA) is 58.4 Å². The number of nitrogens with zero attached hydrogens (tertiary/aromatic N) is 4. The van der Waals surface area contributed by atoms with Gasteiger partial charge in [0, 0.05) is 32.7 Å². The third-order valence-electron chi connectivity index (χ3n) is 5.03. The first-order valence-electron chi connectivity index (χ1n) is 9.72. The van der Waals surface area contributed by atoms with E-state index in [0.29, 0.717) is 22.6 Å². The smallest absolute Gasteiger partial charge is 0.262 e. The van der Waals surface area contributed by atoms with Gasteiger partial charge in [-0.3, -0.25) is 14.2 Å². The van der Waals surface area contributed by atoms with Crippen molar-refractivity contribution in [3.63, 3.8) is 0 Å². The fourth-order valence-electron chi connectivity index (χ4n) is 3.41. The van der Waals surface area contributed by atoms with Gasteiger partial charge < -0.3 is 9.80 Å². The van der Waals surface area contributed by atoms with E-state index >= 15 is 0 Å². The lowest BCUT2D eigenvalue weighted by Crippen LogP contribution is -2.50. The highest BCUT2D eigenvalue weighted by atomic mass is 32.2. The van der Waals surface area contributed by atoms with Crippen LogP contribution in [0, 0.1) is 0 Å². The molecule has 0 bridgehead atoms. The first kappa shape index (κ1) is 19.9. The van der Waals surface area contributed by atoms with Gasteiger partial charge in [0.05, 0.1) is 16.2 Å². The van der Waals surface area contributed by atoms with Crippen molar-refractivity contribution in [3.05, 3.63) is 34.6 Å². The molecule has 0 spiro atoms. The fraction of sp³-hybridized carbons (Fsp3) is 0.550. The lowest BCUT2D eigenvalue weighted by molar-refractivity contribution is -0.132. The number of benzene rings is 1. The summed E-state index contributed by atoms with van der Waals surface area (Å²) in [5.74, 6) is 0.126. The fourth-order valence-corrected chi connectivity index (χ4v) is 4.43. The maximum absolute atomic E-state index is 12.9. The van der Waals surface area contributed by atoms with Crippen LogP contribution < -0.4 is 5.56 Å². The number of likely N-dealkylation sites (N-methyl/N-ethyl adjacent to an activating group) is 1. The van der Waals surface area contributed by atoms with Crippen molar-refractivity contribution in [2.75, 3.05) is 32.7 Å². The van der Waals surface area contributed by atoms with Gasteiger partial charge in [0.1, 0.15) is 0 Å². The number of piperazine rings is 1. The number of carbonyl (C=O) groups is 1. The van der Waals surface area contributed by atoms with Gasteiger partial charge in [-0.1, -0.05) is 37.7 Å². The lowest BCUT2D eigenvalue weighted by Gasteiger charge is -2.35. The minimum absolute atomic E-state index is 0.0267. The minimum atomic E-state index is -0.269. The molecule has 1 aliphatic rings. The zero-order valence-corrected chi connectivity index (χ0v) is 17.2. The van der Waals surface area contributed by atoms with Crippen molar-refractivity contribution in [1.29, 1.82) is 0 Å². The van der Waals surface area contributed by atoms with E-state index in [0.717, 1.165) is 39.1 Å². The number of hydrogen-bond acceptors (Lipinski definition) is 5. The van der Waals surface area contributed by atoms with Crippen LogP contribution in [-0.2, 0) is 11.3 Å². The van der Waals surface area contributed by atoms with E-state index in [1.165, 1.54) is 11.8 Å². The first-order chi connectivity index (χ1) is 13.0. The van der Waals surface area contributed by atoms with Crippen molar-refractivity contribution >= 4 is 28.6 Å². The summed E-state index contributed by atoms with van der Waals surface area (Å²) in [6, 6.07) is 7.41. The first-order valence-corrected chi connectivity index (χ1v) is 10.6. The quantitative estimate of drug-likeness (QED) is 0.562. The van der Waals surface area contributed by atoms with Crippen LogP contribution >= 0.6 is 11.8 Å². The second kappa shape index (κ2) is 8.89. The minimum Gasteiger partial charge on any atom is -0.339 e. The number of aromatic nitrogens is 2. The summed E-state index contributed by atoms with van der Waals surface area (Å²) in [6.45, 7) is 11.1. The van der Waals surface area contributed by atoms with Crippen LogP contribution in [0.25, 0.3) is 10.9 Å². The van der Waals surface area contributed by atoms with Crippen molar-refractivity contribution in [3.8, 4) is 0 Å². The highest BCUT2D eigenvalue weighted by Crippen LogP contribution is 2.24. The molecule has 1 aliphatic heterocycles. The predicted octanol–water partition coefficient (Wildman–Crippen LogP) is 2.45. The van der Waals surface area contributed by atoms with Crippen molar-refractivity contribution in [2.24, 2.45) is 0 Å². The number of hydrogen-bond donors (Lipinski definition) is 0. The Kier molecular flexibility index (Phi) is 6.55. The zero-order chi connectivity index (χ0) is 19.4. The van der Waals surface area contributed by atoms with E-state index in [1.807, 2.05) is 43.0 Å². The molecule has 27 heavy (non-hydrogen) atoms. The average Bonchev–Trinajstić information content (AvgIpc) is 2.70. The lowest BCUT2D eigenvalue weighted by atomic mass is 10.2. The Morgan fingerprint density at radius 1 is 1.19 bits per heavy atom. The average molecular weight is 389 g/mol. The predicted molar refractivity (Wildman–Crippen MR) is 110 cm³/mol. The Morgan fingerprint density at radius 3 is 2.56 bits per heavy atom. The van der Waals surface area contributed by atoms with Gasteiger partial charge in [-0.25, -0.2) is 4.98 Å². The van der Waals surface area contributed by atoms with Gasteiger partial charge in [-0.15, -0.1) is 0 Å². The largest absolute Gasteiger partial charge is 0.339 e. The number of para-hydroxylation sites is 1. The van der Waals surface area contributed by atoms with E-state index in [2.05, 4.69) is 11.8 Å². The Hall–Kier alpha value is -1.86. The Morgan fingerprint density at radius 2 is 1.89 bits per heavy atom. The molecule has 0 radical (unpaired) electrons. The zero-order valence-electron chi connectivity index (χ0n) is 16.4. The molecular weight excluding hydrogens is 360 g/mol. The summed E-state index contributed by atoms with van der Waals surface area (Å²) in [4.78, 5) is 34.7. The molecular formula is C20H28N4O2S. The van der Waals surface area contributed by atoms with Crippen LogP contribution in [0.15, 0.2) is 34.2 Å². The molecule has 1 aromatic carbocycles. The summed E-state index contributed by atoms with van der Waals surface area (Å²) >= 11 is 1.39. The normalized spacial score (nSPS) is 16.6. The molecule has 146 valence electrons. The maximum Gasteiger partial charge on any atom is 0.262 e. The van der Waals surface area contributed by atoms with Crippen LogP contribution in [0.2, 0.25) is 0 Å². The summed E-state index contributed by atoms with van der Waals surface area (Å²) in [6.07, 6.45) is 0.842. The molecule has 1 aromatic heterocycles. The Balaban J connectivity index is 1.81. The highest BCUT2D eigenvalue weighted by Gasteiger charge is 2.26. The Labute approximate surface area is 164 Å². The molecule has 2 heterocycles. The Bertz CT molecular complexity index is 859. The van der Waals surface area contributed by atoms with Crippen LogP contribution in [0.3, 0.4) is 0 Å². The van der Waals surface area contributed by atoms with Crippen LogP contribution in [0.5, 0.6) is 0 Å². The molecule has 7 heteroatoms. The summed E-state index contributed by atoms with van der Waals surface area (Å²) in [7, 11) is 0. The second-order valence-corrected chi connectivity index (χ2v) is 8.20. The molecule has 2 aromatic rings. The molecule has 0 saturated carbocycles. The summed E-state index contributed by atoms with van der Waals surface area (Å²) in [5.41, 5.74) is 0.662. The van der Waals surface area contributed by atoms with E-state index in [1.54, 1.807) is 4.57 Å². The van der Waals surface area contributed by atoms with Gasteiger partial charge in [0.2, 0.25) is 5.91 Å². The van der Waals surface area contributed by atoms with Gasteiger partial charge >= 0.3 is 0 Å². The van der Waals surface area contributed by atoms with E-state index < -0.39 is 0 Å². The standard InChI is InChI=1S/C20H28N4O2S/c1-4-10-24-19(26)16-8-6-7-9-17(16)21-20(24)27-15(3)18(25)23-13-11-22(5-2)12-14-23/h6-9,15H,4-5,10-14H2,1-3H3/t15-/m0/s1. The van der Waals surface area contributed by atoms with Crippen molar-refractivity contribution in [1.82, 2.24) is 19.4 Å². The molecule has 0 unspecified atom stereocenters. The molecule has 6 nitrogen and oxygen atoms in total. The number of fused-ring (bicyclic) bond motifs is 1. The number of thioether (sulfide) groups is 1. The highest BCUT2D eigenvalue weighted by molar-refractivity contribution is 8.00.